The lowest BCUT2D eigenvalue weighted by molar-refractivity contribution is -0.124. The molecule has 7 heteroatoms. The maximum atomic E-state index is 12.3. The van der Waals surface area contributed by atoms with Gasteiger partial charge in [0.2, 0.25) is 0 Å². The molecule has 144 valence electrons. The topological polar surface area (TPSA) is 95.9 Å². The number of aromatic hydroxyl groups is 2. The Morgan fingerprint density at radius 1 is 1.07 bits per heavy atom. The van der Waals surface area contributed by atoms with Crippen molar-refractivity contribution in [2.24, 2.45) is 0 Å². The molecule has 0 bridgehead atoms. The molecule has 0 saturated carbocycles. The van der Waals surface area contributed by atoms with Gasteiger partial charge < -0.3 is 20.3 Å². The number of nitrogens with one attached hydrogen (secondary N) is 1. The fourth-order valence-electron chi connectivity index (χ4n) is 2.85. The van der Waals surface area contributed by atoms with Crippen molar-refractivity contribution in [3.05, 3.63) is 70.7 Å². The minimum atomic E-state index is -0.913. The number of phenols is 2. The maximum absolute atomic E-state index is 12.3. The fourth-order valence-corrected chi connectivity index (χ4v) is 3.05. The van der Waals surface area contributed by atoms with Crippen molar-refractivity contribution < 1.29 is 24.5 Å². The summed E-state index contributed by atoms with van der Waals surface area (Å²) in [5.74, 6) is -1.90. The third-order valence-corrected chi connectivity index (χ3v) is 4.51. The molecule has 0 saturated heterocycles. The van der Waals surface area contributed by atoms with E-state index in [0.29, 0.717) is 15.8 Å². The Labute approximate surface area is 166 Å². The molecular formula is C21H18ClNO5. The van der Waals surface area contributed by atoms with Crippen molar-refractivity contribution in [1.29, 1.82) is 0 Å². The second-order valence-corrected chi connectivity index (χ2v) is 6.69. The molecular weight excluding hydrogens is 382 g/mol. The third kappa shape index (κ3) is 4.18. The highest BCUT2D eigenvalue weighted by Crippen LogP contribution is 2.35. The van der Waals surface area contributed by atoms with Crippen molar-refractivity contribution in [3.63, 3.8) is 0 Å². The number of halogens is 1. The van der Waals surface area contributed by atoms with Crippen LogP contribution in [0.1, 0.15) is 28.9 Å². The molecule has 1 atom stereocenters. The van der Waals surface area contributed by atoms with Gasteiger partial charge in [0.25, 0.3) is 5.91 Å². The predicted octanol–water partition coefficient (Wildman–Crippen LogP) is 3.94. The zero-order chi connectivity index (χ0) is 20.3. The van der Waals surface area contributed by atoms with Gasteiger partial charge in [0.15, 0.2) is 6.61 Å². The molecule has 0 aromatic heterocycles. The maximum Gasteiger partial charge on any atom is 0.342 e. The Bertz CT molecular complexity index is 1050. The van der Waals surface area contributed by atoms with Gasteiger partial charge in [-0.05, 0) is 30.7 Å². The summed E-state index contributed by atoms with van der Waals surface area (Å²) in [7, 11) is 0. The third-order valence-electron chi connectivity index (χ3n) is 4.27. The minimum absolute atomic E-state index is 0.167. The molecule has 0 aliphatic rings. The first-order valence-electron chi connectivity index (χ1n) is 8.52. The quantitative estimate of drug-likeness (QED) is 0.446. The summed E-state index contributed by atoms with van der Waals surface area (Å²) in [6.07, 6.45) is 0. The highest BCUT2D eigenvalue weighted by molar-refractivity contribution is 6.30. The Morgan fingerprint density at radius 3 is 2.50 bits per heavy atom. The van der Waals surface area contributed by atoms with Gasteiger partial charge >= 0.3 is 5.97 Å². The van der Waals surface area contributed by atoms with Crippen LogP contribution >= 0.6 is 11.6 Å². The Kier molecular flexibility index (Phi) is 5.70. The smallest absolute Gasteiger partial charge is 0.342 e. The number of phenolic OH excluding ortho intramolecular Hbond substituents is 2. The highest BCUT2D eigenvalue weighted by Gasteiger charge is 2.19. The molecule has 0 heterocycles. The van der Waals surface area contributed by atoms with E-state index in [1.54, 1.807) is 49.4 Å². The van der Waals surface area contributed by atoms with Crippen LogP contribution in [0.15, 0.2) is 54.6 Å². The normalized spacial score (nSPS) is 11.8. The van der Waals surface area contributed by atoms with Gasteiger partial charge in [-0.3, -0.25) is 4.79 Å². The zero-order valence-electron chi connectivity index (χ0n) is 15.0. The number of rotatable bonds is 5. The highest BCUT2D eigenvalue weighted by atomic mass is 35.5. The summed E-state index contributed by atoms with van der Waals surface area (Å²) < 4.78 is 4.99. The van der Waals surface area contributed by atoms with Crippen molar-refractivity contribution in [3.8, 4) is 11.5 Å². The Balaban J connectivity index is 1.66. The number of benzene rings is 3. The summed E-state index contributed by atoms with van der Waals surface area (Å²) >= 11 is 5.94. The van der Waals surface area contributed by atoms with E-state index in [0.717, 1.165) is 11.6 Å². The molecule has 3 aromatic carbocycles. The summed E-state index contributed by atoms with van der Waals surface area (Å²) in [6.45, 7) is 1.25. The number of carbonyl (C=O) groups is 2. The molecule has 28 heavy (non-hydrogen) atoms. The molecule has 6 nitrogen and oxygen atoms in total. The molecule has 1 amide bonds. The second-order valence-electron chi connectivity index (χ2n) is 6.26. The SMILES string of the molecule is C[C@@H](NC(=O)COC(=O)c1cc(O)c2ccccc2c1O)c1cccc(Cl)c1. The lowest BCUT2D eigenvalue weighted by Gasteiger charge is -2.15. The van der Waals surface area contributed by atoms with Crippen LogP contribution in [0.2, 0.25) is 5.02 Å². The van der Waals surface area contributed by atoms with Crippen LogP contribution in [0.25, 0.3) is 10.8 Å². The van der Waals surface area contributed by atoms with Crippen LogP contribution in [0.3, 0.4) is 0 Å². The van der Waals surface area contributed by atoms with Crippen LogP contribution in [-0.4, -0.2) is 28.7 Å². The van der Waals surface area contributed by atoms with Crippen molar-refractivity contribution in [2.45, 2.75) is 13.0 Å². The van der Waals surface area contributed by atoms with E-state index in [4.69, 9.17) is 16.3 Å². The number of hydrogen-bond acceptors (Lipinski definition) is 5. The number of amides is 1. The number of fused-ring (bicyclic) bond motifs is 1. The van der Waals surface area contributed by atoms with E-state index in [9.17, 15) is 19.8 Å². The number of esters is 1. The van der Waals surface area contributed by atoms with Gasteiger partial charge in [-0.15, -0.1) is 0 Å². The van der Waals surface area contributed by atoms with E-state index >= 15 is 0 Å². The van der Waals surface area contributed by atoms with Gasteiger partial charge in [-0.2, -0.15) is 0 Å². The second kappa shape index (κ2) is 8.19. The number of ether oxygens (including phenoxy) is 1. The average Bonchev–Trinajstić information content (AvgIpc) is 2.69. The number of hydrogen-bond donors (Lipinski definition) is 3. The molecule has 0 aliphatic carbocycles. The van der Waals surface area contributed by atoms with Crippen LogP contribution < -0.4 is 5.32 Å². The van der Waals surface area contributed by atoms with Gasteiger partial charge in [0.05, 0.1) is 6.04 Å². The van der Waals surface area contributed by atoms with E-state index in [1.807, 2.05) is 6.07 Å². The van der Waals surface area contributed by atoms with Crippen LogP contribution in [0.4, 0.5) is 0 Å². The van der Waals surface area contributed by atoms with E-state index < -0.39 is 18.5 Å². The summed E-state index contributed by atoms with van der Waals surface area (Å²) in [5.41, 5.74) is 0.594. The molecule has 0 unspecified atom stereocenters. The molecule has 3 rings (SSSR count). The zero-order valence-corrected chi connectivity index (χ0v) is 15.7. The summed E-state index contributed by atoms with van der Waals surface area (Å²) in [6, 6.07) is 14.4. The van der Waals surface area contributed by atoms with Crippen molar-refractivity contribution >= 4 is 34.2 Å². The fraction of sp³-hybridized carbons (Fsp3) is 0.143. The Morgan fingerprint density at radius 2 is 1.79 bits per heavy atom. The molecule has 3 aromatic rings. The first-order valence-corrected chi connectivity index (χ1v) is 8.90. The van der Waals surface area contributed by atoms with Gasteiger partial charge in [0.1, 0.15) is 17.1 Å². The lowest BCUT2D eigenvalue weighted by atomic mass is 10.0. The molecule has 0 fully saturated rings. The Hall–Kier alpha value is -3.25. The summed E-state index contributed by atoms with van der Waals surface area (Å²) in [4.78, 5) is 24.4. The lowest BCUT2D eigenvalue weighted by Crippen LogP contribution is -2.31. The molecule has 0 spiro atoms. The standard InChI is InChI=1S/C21H18ClNO5/c1-12(13-5-4-6-14(22)9-13)23-19(25)11-28-21(27)17-10-18(24)15-7-2-3-8-16(15)20(17)26/h2-10,12,24,26H,11H2,1H3,(H,23,25)/t12-/m1/s1. The van der Waals surface area contributed by atoms with Crippen molar-refractivity contribution in [2.75, 3.05) is 6.61 Å². The number of carbonyl (C=O) groups excluding carboxylic acids is 2. The van der Waals surface area contributed by atoms with Crippen LogP contribution in [0.5, 0.6) is 11.5 Å². The van der Waals surface area contributed by atoms with Gasteiger partial charge in [-0.25, -0.2) is 4.79 Å². The van der Waals surface area contributed by atoms with E-state index in [2.05, 4.69) is 5.32 Å². The van der Waals surface area contributed by atoms with E-state index in [-0.39, 0.29) is 23.1 Å². The average molecular weight is 400 g/mol. The first-order chi connectivity index (χ1) is 13.4. The van der Waals surface area contributed by atoms with Gasteiger partial charge in [-0.1, -0.05) is 48.0 Å². The summed E-state index contributed by atoms with van der Waals surface area (Å²) in [5, 5.41) is 24.3. The van der Waals surface area contributed by atoms with Crippen molar-refractivity contribution in [1.82, 2.24) is 5.32 Å². The van der Waals surface area contributed by atoms with E-state index in [1.165, 1.54) is 0 Å². The molecule has 3 N–H and O–H groups in total. The van der Waals surface area contributed by atoms with Crippen LogP contribution in [0, 0.1) is 0 Å². The first kappa shape index (κ1) is 19.5. The molecule has 0 radical (unpaired) electrons. The largest absolute Gasteiger partial charge is 0.507 e. The van der Waals surface area contributed by atoms with Crippen LogP contribution in [-0.2, 0) is 9.53 Å². The molecule has 0 aliphatic heterocycles. The monoisotopic (exact) mass is 399 g/mol. The predicted molar refractivity (Wildman–Crippen MR) is 106 cm³/mol. The minimum Gasteiger partial charge on any atom is -0.507 e. The van der Waals surface area contributed by atoms with Gasteiger partial charge in [0, 0.05) is 15.8 Å².